The molecule has 1 aliphatic rings. The van der Waals surface area contributed by atoms with Crippen LogP contribution in [-0.2, 0) is 31.4 Å². The van der Waals surface area contributed by atoms with E-state index in [1.807, 2.05) is 7.05 Å². The predicted octanol–water partition coefficient (Wildman–Crippen LogP) is 1.52. The van der Waals surface area contributed by atoms with E-state index in [-0.39, 0.29) is 24.0 Å². The van der Waals surface area contributed by atoms with Crippen molar-refractivity contribution in [3.05, 3.63) is 47.5 Å². The molecule has 0 aliphatic carbocycles. The summed E-state index contributed by atoms with van der Waals surface area (Å²) in [6.45, 7) is 8.63. The van der Waals surface area contributed by atoms with Crippen LogP contribution in [0.25, 0.3) is 0 Å². The number of aryl methyl sites for hydroxylation is 1. The minimum atomic E-state index is 0. The number of guanidine groups is 1. The number of aromatic nitrogens is 3. The highest BCUT2D eigenvalue weighted by Crippen LogP contribution is 2.14. The van der Waals surface area contributed by atoms with E-state index >= 15 is 0 Å². The molecule has 3 rings (SSSR count). The first-order chi connectivity index (χ1) is 13.3. The molecule has 0 spiro atoms. The topological polar surface area (TPSA) is 79.6 Å². The predicted molar refractivity (Wildman–Crippen MR) is 121 cm³/mol. The van der Waals surface area contributed by atoms with Crippen molar-refractivity contribution in [3.63, 3.8) is 0 Å². The maximum atomic E-state index is 5.45. The molecule has 154 valence electrons. The Bertz CT molecular complexity index is 743. The Morgan fingerprint density at radius 2 is 1.93 bits per heavy atom. The Labute approximate surface area is 183 Å². The minimum absolute atomic E-state index is 0. The van der Waals surface area contributed by atoms with Crippen LogP contribution in [0, 0.1) is 0 Å². The summed E-state index contributed by atoms with van der Waals surface area (Å²) in [4.78, 5) is 11.4. The quantitative estimate of drug-likeness (QED) is 0.342. The second-order valence-electron chi connectivity index (χ2n) is 6.51. The number of nitrogens with one attached hydrogen (secondary N) is 2. The van der Waals surface area contributed by atoms with Gasteiger partial charge in [0, 0.05) is 33.2 Å². The van der Waals surface area contributed by atoms with Crippen LogP contribution in [0.15, 0.2) is 35.6 Å². The molecule has 8 nitrogen and oxygen atoms in total. The van der Waals surface area contributed by atoms with Gasteiger partial charge in [0.1, 0.15) is 12.2 Å². The van der Waals surface area contributed by atoms with Crippen LogP contribution in [0.3, 0.4) is 0 Å². The fourth-order valence-electron chi connectivity index (χ4n) is 3.02. The highest BCUT2D eigenvalue weighted by atomic mass is 127. The van der Waals surface area contributed by atoms with Gasteiger partial charge < -0.3 is 15.4 Å². The van der Waals surface area contributed by atoms with Gasteiger partial charge in [-0.05, 0) is 18.1 Å². The van der Waals surface area contributed by atoms with E-state index in [0.717, 1.165) is 51.2 Å². The van der Waals surface area contributed by atoms with Crippen LogP contribution in [0.2, 0.25) is 0 Å². The van der Waals surface area contributed by atoms with Crippen molar-refractivity contribution in [3.8, 4) is 0 Å². The van der Waals surface area contributed by atoms with Crippen LogP contribution in [0.5, 0.6) is 0 Å². The summed E-state index contributed by atoms with van der Waals surface area (Å²) in [5, 5.41) is 10.7. The molecule has 0 amide bonds. The van der Waals surface area contributed by atoms with Gasteiger partial charge in [0.15, 0.2) is 5.96 Å². The average Bonchev–Trinajstić information content (AvgIpc) is 3.11. The van der Waals surface area contributed by atoms with E-state index in [1.165, 1.54) is 11.1 Å². The van der Waals surface area contributed by atoms with E-state index in [1.54, 1.807) is 11.0 Å². The number of aliphatic imine (C=N–C) groups is 1. The molecule has 9 heteroatoms. The maximum absolute atomic E-state index is 5.45. The Kier molecular flexibility index (Phi) is 9.65. The molecule has 1 aromatic carbocycles. The van der Waals surface area contributed by atoms with Crippen molar-refractivity contribution in [1.29, 1.82) is 0 Å². The molecule has 0 atom stereocenters. The second kappa shape index (κ2) is 12.0. The summed E-state index contributed by atoms with van der Waals surface area (Å²) >= 11 is 0. The summed E-state index contributed by atoms with van der Waals surface area (Å²) in [5.74, 6) is 1.65. The molecule has 0 bridgehead atoms. The number of hydrogen-bond acceptors (Lipinski definition) is 5. The normalized spacial score (nSPS) is 15.1. The third kappa shape index (κ3) is 6.71. The first-order valence-corrected chi connectivity index (χ1v) is 9.48. The van der Waals surface area contributed by atoms with E-state index in [2.05, 4.69) is 56.8 Å². The largest absolute Gasteiger partial charge is 0.379 e. The molecule has 2 heterocycles. The number of morpholine rings is 1. The van der Waals surface area contributed by atoms with Gasteiger partial charge in [-0.15, -0.1) is 24.0 Å². The van der Waals surface area contributed by atoms with Gasteiger partial charge in [-0.25, -0.2) is 9.98 Å². The number of halogens is 1. The van der Waals surface area contributed by atoms with E-state index < -0.39 is 0 Å². The molecule has 2 N–H and O–H groups in total. The van der Waals surface area contributed by atoms with Gasteiger partial charge in [0.05, 0.1) is 26.3 Å². The third-order valence-corrected chi connectivity index (χ3v) is 4.59. The zero-order valence-corrected chi connectivity index (χ0v) is 18.9. The monoisotopic (exact) mass is 499 g/mol. The smallest absolute Gasteiger partial charge is 0.191 e. The minimum Gasteiger partial charge on any atom is -0.379 e. The molecule has 0 radical (unpaired) electrons. The molecule has 1 fully saturated rings. The van der Waals surface area contributed by atoms with Crippen molar-refractivity contribution < 1.29 is 4.74 Å². The van der Waals surface area contributed by atoms with Crippen LogP contribution < -0.4 is 10.6 Å². The van der Waals surface area contributed by atoms with Gasteiger partial charge >= 0.3 is 0 Å². The van der Waals surface area contributed by atoms with Crippen LogP contribution in [-0.4, -0.2) is 58.5 Å². The zero-order chi connectivity index (χ0) is 18.9. The first kappa shape index (κ1) is 22.6. The van der Waals surface area contributed by atoms with E-state index in [0.29, 0.717) is 13.1 Å². The van der Waals surface area contributed by atoms with Crippen molar-refractivity contribution in [2.45, 2.75) is 26.6 Å². The standard InChI is InChI=1S/C19H29N7O.HI/c1-3-20-19(22-13-18-23-15-24-25(18)2)21-12-16-6-4-5-7-17(16)14-26-8-10-27-11-9-26;/h4-7,15H,3,8-14H2,1-2H3,(H2,20,21,22);1H. The highest BCUT2D eigenvalue weighted by molar-refractivity contribution is 14.0. The van der Waals surface area contributed by atoms with E-state index in [9.17, 15) is 0 Å². The summed E-state index contributed by atoms with van der Waals surface area (Å²) in [6.07, 6.45) is 1.56. The molecule has 1 aliphatic heterocycles. The van der Waals surface area contributed by atoms with Crippen molar-refractivity contribution >= 4 is 29.9 Å². The third-order valence-electron chi connectivity index (χ3n) is 4.59. The summed E-state index contributed by atoms with van der Waals surface area (Å²) < 4.78 is 7.21. The molecule has 28 heavy (non-hydrogen) atoms. The Morgan fingerprint density at radius 3 is 2.61 bits per heavy atom. The number of nitrogens with zero attached hydrogens (tertiary/aromatic N) is 5. The number of benzene rings is 1. The lowest BCUT2D eigenvalue weighted by molar-refractivity contribution is 0.0341. The van der Waals surface area contributed by atoms with Gasteiger partial charge in [-0.1, -0.05) is 24.3 Å². The highest BCUT2D eigenvalue weighted by Gasteiger charge is 2.12. The summed E-state index contributed by atoms with van der Waals surface area (Å²) in [5.41, 5.74) is 2.58. The second-order valence-corrected chi connectivity index (χ2v) is 6.51. The zero-order valence-electron chi connectivity index (χ0n) is 16.6. The van der Waals surface area contributed by atoms with Crippen LogP contribution >= 0.6 is 24.0 Å². The van der Waals surface area contributed by atoms with Gasteiger partial charge in [-0.2, -0.15) is 5.10 Å². The molecule has 2 aromatic rings. The Balaban J connectivity index is 0.00000280. The van der Waals surface area contributed by atoms with Crippen LogP contribution in [0.4, 0.5) is 0 Å². The van der Waals surface area contributed by atoms with Crippen molar-refractivity contribution in [2.24, 2.45) is 12.0 Å². The number of rotatable bonds is 7. The van der Waals surface area contributed by atoms with E-state index in [4.69, 9.17) is 9.73 Å². The van der Waals surface area contributed by atoms with Gasteiger partial charge in [0.25, 0.3) is 0 Å². The Hall–Kier alpha value is -1.72. The molecule has 0 saturated carbocycles. The number of ether oxygens (including phenoxy) is 1. The van der Waals surface area contributed by atoms with Gasteiger partial charge in [0.2, 0.25) is 0 Å². The lowest BCUT2D eigenvalue weighted by atomic mass is 10.1. The fraction of sp³-hybridized carbons (Fsp3) is 0.526. The maximum Gasteiger partial charge on any atom is 0.191 e. The molecule has 1 aromatic heterocycles. The molecular weight excluding hydrogens is 469 g/mol. The average molecular weight is 499 g/mol. The van der Waals surface area contributed by atoms with Crippen LogP contribution in [0.1, 0.15) is 23.9 Å². The molecule has 1 saturated heterocycles. The lowest BCUT2D eigenvalue weighted by Crippen LogP contribution is -2.37. The molecular formula is C19H30IN7O. The lowest BCUT2D eigenvalue weighted by Gasteiger charge is -2.27. The first-order valence-electron chi connectivity index (χ1n) is 9.48. The van der Waals surface area contributed by atoms with Crippen molar-refractivity contribution in [1.82, 2.24) is 30.3 Å². The summed E-state index contributed by atoms with van der Waals surface area (Å²) in [6, 6.07) is 8.53. The number of hydrogen-bond donors (Lipinski definition) is 2. The fourth-order valence-corrected chi connectivity index (χ4v) is 3.02. The van der Waals surface area contributed by atoms with Crippen molar-refractivity contribution in [2.75, 3.05) is 32.8 Å². The Morgan fingerprint density at radius 1 is 1.18 bits per heavy atom. The van der Waals surface area contributed by atoms with Gasteiger partial charge in [-0.3, -0.25) is 9.58 Å². The SMILES string of the molecule is CCNC(=NCc1ccccc1CN1CCOCC1)NCc1ncnn1C.I. The summed E-state index contributed by atoms with van der Waals surface area (Å²) in [7, 11) is 1.88. The molecule has 0 unspecified atom stereocenters.